The summed E-state index contributed by atoms with van der Waals surface area (Å²) < 4.78 is 29.4. The van der Waals surface area contributed by atoms with Gasteiger partial charge >= 0.3 is 0 Å². The largest absolute Gasteiger partial charge is 0.341 e. The number of sulfonamides is 1. The van der Waals surface area contributed by atoms with Crippen LogP contribution in [-0.4, -0.2) is 58.1 Å². The van der Waals surface area contributed by atoms with Crippen molar-refractivity contribution in [2.75, 3.05) is 30.8 Å². The molecule has 0 unspecified atom stereocenters. The van der Waals surface area contributed by atoms with Crippen LogP contribution < -0.4 is 4.90 Å². The fourth-order valence-corrected chi connectivity index (χ4v) is 6.13. The van der Waals surface area contributed by atoms with Gasteiger partial charge in [-0.15, -0.1) is 0 Å². The molecule has 4 heterocycles. The highest BCUT2D eigenvalue weighted by atomic mass is 32.2. The van der Waals surface area contributed by atoms with Gasteiger partial charge in [0.2, 0.25) is 16.0 Å². The van der Waals surface area contributed by atoms with Gasteiger partial charge in [0.1, 0.15) is 5.82 Å². The van der Waals surface area contributed by atoms with Crippen LogP contribution in [0.5, 0.6) is 0 Å². The minimum absolute atomic E-state index is 0.448. The molecule has 0 bridgehead atoms. The van der Waals surface area contributed by atoms with Gasteiger partial charge in [0.25, 0.3) is 0 Å². The van der Waals surface area contributed by atoms with Crippen molar-refractivity contribution in [2.24, 2.45) is 0 Å². The van der Waals surface area contributed by atoms with E-state index in [1.165, 1.54) is 6.26 Å². The number of anilines is 1. The number of piperidine rings is 1. The van der Waals surface area contributed by atoms with Crippen molar-refractivity contribution < 1.29 is 8.42 Å². The average Bonchev–Trinajstić information content (AvgIpc) is 3.20. The molecular weight excluding hydrogens is 400 g/mol. The van der Waals surface area contributed by atoms with Gasteiger partial charge in [0.15, 0.2) is 0 Å². The molecule has 2 aliphatic rings. The highest BCUT2D eigenvalue weighted by Gasteiger charge is 2.51. The minimum Gasteiger partial charge on any atom is -0.341 e. The summed E-state index contributed by atoms with van der Waals surface area (Å²) in [5.74, 6) is 1.52. The van der Waals surface area contributed by atoms with Crippen LogP contribution in [0.2, 0.25) is 0 Å². The summed E-state index contributed by atoms with van der Waals surface area (Å²) in [7, 11) is -3.38. The van der Waals surface area contributed by atoms with Gasteiger partial charge in [0, 0.05) is 38.6 Å². The smallest absolute Gasteiger partial charge is 0.225 e. The monoisotopic (exact) mass is 424 g/mol. The lowest BCUT2D eigenvalue weighted by Gasteiger charge is -2.49. The molecule has 1 spiro atoms. The molecule has 3 aromatic rings. The molecule has 0 amide bonds. The van der Waals surface area contributed by atoms with Crippen LogP contribution in [0.25, 0.3) is 11.3 Å². The Morgan fingerprint density at radius 2 is 1.60 bits per heavy atom. The Bertz CT molecular complexity index is 1140. The van der Waals surface area contributed by atoms with Gasteiger partial charge in [-0.05, 0) is 24.5 Å². The maximum atomic E-state index is 12.7. The average molecular weight is 425 g/mol. The molecule has 1 aromatic carbocycles. The van der Waals surface area contributed by atoms with Crippen LogP contribution in [0.1, 0.15) is 18.7 Å². The Hall–Kier alpha value is -2.78. The van der Waals surface area contributed by atoms with Gasteiger partial charge in [-0.3, -0.25) is 0 Å². The van der Waals surface area contributed by atoms with E-state index in [9.17, 15) is 8.42 Å². The van der Waals surface area contributed by atoms with Crippen molar-refractivity contribution in [2.45, 2.75) is 24.9 Å². The first-order valence-corrected chi connectivity index (χ1v) is 12.0. The summed E-state index contributed by atoms with van der Waals surface area (Å²) in [6, 6.07) is 11.9. The van der Waals surface area contributed by atoms with Crippen molar-refractivity contribution in [3.63, 3.8) is 0 Å². The third-order valence-electron chi connectivity index (χ3n) is 6.17. The number of aromatic nitrogens is 4. The summed E-state index contributed by atoms with van der Waals surface area (Å²) in [5.41, 5.74) is 1.48. The number of fused-ring (bicyclic) bond motifs is 2. The molecule has 1 fully saturated rings. The zero-order chi connectivity index (χ0) is 20.8. The second kappa shape index (κ2) is 7.17. The second-order valence-electron chi connectivity index (χ2n) is 7.89. The number of imidazole rings is 1. The van der Waals surface area contributed by atoms with E-state index in [1.54, 1.807) is 22.8 Å². The number of nitrogens with zero attached hydrogens (tertiary/aromatic N) is 6. The van der Waals surface area contributed by atoms with E-state index in [0.29, 0.717) is 45.0 Å². The highest BCUT2D eigenvalue weighted by Crippen LogP contribution is 2.44. The molecule has 0 radical (unpaired) electrons. The molecule has 9 heteroatoms. The van der Waals surface area contributed by atoms with Gasteiger partial charge < -0.3 is 9.47 Å². The van der Waals surface area contributed by atoms with Crippen LogP contribution in [0.4, 0.5) is 5.95 Å². The van der Waals surface area contributed by atoms with Crippen molar-refractivity contribution in [3.8, 4) is 11.3 Å². The first kappa shape index (κ1) is 19.2. The molecule has 2 aliphatic heterocycles. The lowest BCUT2D eigenvalue weighted by Crippen LogP contribution is -2.59. The molecule has 5 rings (SSSR count). The van der Waals surface area contributed by atoms with Crippen LogP contribution >= 0.6 is 0 Å². The summed E-state index contributed by atoms with van der Waals surface area (Å²) in [6.07, 6.45) is 7.93. The Balaban J connectivity index is 1.55. The molecule has 2 aromatic heterocycles. The maximum Gasteiger partial charge on any atom is 0.225 e. The van der Waals surface area contributed by atoms with E-state index in [-0.39, 0.29) is 0 Å². The summed E-state index contributed by atoms with van der Waals surface area (Å²) >= 11 is 0. The molecule has 156 valence electrons. The number of rotatable bonds is 3. The van der Waals surface area contributed by atoms with E-state index < -0.39 is 15.6 Å². The van der Waals surface area contributed by atoms with Crippen molar-refractivity contribution in [1.82, 2.24) is 23.8 Å². The zero-order valence-electron chi connectivity index (χ0n) is 16.8. The molecule has 0 saturated carbocycles. The van der Waals surface area contributed by atoms with Gasteiger partial charge in [-0.25, -0.2) is 23.4 Å². The van der Waals surface area contributed by atoms with E-state index in [0.717, 1.165) is 17.1 Å². The summed E-state index contributed by atoms with van der Waals surface area (Å²) in [5, 5.41) is 0. The summed E-state index contributed by atoms with van der Waals surface area (Å²) in [6.45, 7) is 2.39. The molecule has 0 atom stereocenters. The standard InChI is InChI=1S/C21H24N6O2S/c1-30(28,29)27-15-14-26-18(17-6-3-2-4-7-17)16-24-19(26)21(27)8-12-25(13-9-21)20-22-10-5-11-23-20/h2-7,10-11,16H,8-9,12-15H2,1H3. The lowest BCUT2D eigenvalue weighted by molar-refractivity contribution is 0.104. The fourth-order valence-electron chi connectivity index (χ4n) is 4.82. The van der Waals surface area contributed by atoms with Gasteiger partial charge in [-0.2, -0.15) is 4.31 Å². The van der Waals surface area contributed by atoms with Crippen LogP contribution in [-0.2, 0) is 22.1 Å². The van der Waals surface area contributed by atoms with Crippen molar-refractivity contribution >= 4 is 16.0 Å². The van der Waals surface area contributed by atoms with Crippen LogP contribution in [0.3, 0.4) is 0 Å². The molecular formula is C21H24N6O2S. The predicted molar refractivity (Wildman–Crippen MR) is 114 cm³/mol. The molecule has 1 saturated heterocycles. The quantitative estimate of drug-likeness (QED) is 0.640. The summed E-state index contributed by atoms with van der Waals surface area (Å²) in [4.78, 5) is 15.6. The fraction of sp³-hybridized carbons (Fsp3) is 0.381. The van der Waals surface area contributed by atoms with E-state index in [4.69, 9.17) is 4.98 Å². The normalized spacial score (nSPS) is 19.0. The van der Waals surface area contributed by atoms with Gasteiger partial charge in [0.05, 0.1) is 23.7 Å². The van der Waals surface area contributed by atoms with Crippen LogP contribution in [0, 0.1) is 0 Å². The zero-order valence-corrected chi connectivity index (χ0v) is 17.7. The van der Waals surface area contributed by atoms with E-state index in [2.05, 4.69) is 31.6 Å². The van der Waals surface area contributed by atoms with Gasteiger partial charge in [-0.1, -0.05) is 30.3 Å². The van der Waals surface area contributed by atoms with Crippen molar-refractivity contribution in [3.05, 3.63) is 60.8 Å². The first-order chi connectivity index (χ1) is 14.5. The Kier molecular flexibility index (Phi) is 4.59. The predicted octanol–water partition coefficient (Wildman–Crippen LogP) is 2.11. The van der Waals surface area contributed by atoms with Crippen molar-refractivity contribution in [1.29, 1.82) is 0 Å². The molecule has 0 N–H and O–H groups in total. The SMILES string of the molecule is CS(=O)(=O)N1CCn2c(-c3ccccc3)cnc2C12CCN(c1ncccn1)CC2. The second-order valence-corrected chi connectivity index (χ2v) is 9.79. The molecule has 30 heavy (non-hydrogen) atoms. The Labute approximate surface area is 176 Å². The number of hydrogen-bond donors (Lipinski definition) is 0. The first-order valence-electron chi connectivity index (χ1n) is 10.1. The van der Waals surface area contributed by atoms with Crippen LogP contribution in [0.15, 0.2) is 55.0 Å². The van der Waals surface area contributed by atoms with E-state index in [1.807, 2.05) is 24.4 Å². The third kappa shape index (κ3) is 3.09. The number of benzene rings is 1. The molecule has 0 aliphatic carbocycles. The Morgan fingerprint density at radius 1 is 0.900 bits per heavy atom. The lowest BCUT2D eigenvalue weighted by atomic mass is 9.85. The minimum atomic E-state index is -3.38. The topological polar surface area (TPSA) is 84.2 Å². The highest BCUT2D eigenvalue weighted by molar-refractivity contribution is 7.88. The maximum absolute atomic E-state index is 12.7. The Morgan fingerprint density at radius 3 is 2.27 bits per heavy atom. The third-order valence-corrected chi connectivity index (χ3v) is 7.50. The molecule has 8 nitrogen and oxygen atoms in total. The van der Waals surface area contributed by atoms with E-state index >= 15 is 0 Å². The number of hydrogen-bond acceptors (Lipinski definition) is 6.